The van der Waals surface area contributed by atoms with Gasteiger partial charge in [0.2, 0.25) is 5.91 Å². The Bertz CT molecular complexity index is 1150. The molecule has 1 aromatic carbocycles. The van der Waals surface area contributed by atoms with Gasteiger partial charge in [-0.25, -0.2) is 0 Å². The fourth-order valence-corrected chi connectivity index (χ4v) is 5.71. The van der Waals surface area contributed by atoms with Crippen molar-refractivity contribution in [3.05, 3.63) is 35.5 Å². The minimum Gasteiger partial charge on any atom is -0.381 e. The van der Waals surface area contributed by atoms with Crippen molar-refractivity contribution in [2.45, 2.75) is 71.8 Å². The van der Waals surface area contributed by atoms with Gasteiger partial charge in [-0.2, -0.15) is 5.10 Å². The fraction of sp³-hybridized carbons (Fsp3) is 0.556. The average molecular weight is 449 g/mol. The normalized spacial score (nSPS) is 22.3. The lowest BCUT2D eigenvalue weighted by Gasteiger charge is -2.31. The van der Waals surface area contributed by atoms with Gasteiger partial charge in [0.25, 0.3) is 0 Å². The van der Waals surface area contributed by atoms with Gasteiger partial charge in [0.05, 0.1) is 11.8 Å². The van der Waals surface area contributed by atoms with Gasteiger partial charge in [-0.05, 0) is 75.5 Å². The van der Waals surface area contributed by atoms with Crippen LogP contribution in [0, 0.1) is 11.3 Å². The van der Waals surface area contributed by atoms with Crippen molar-refractivity contribution in [2.24, 2.45) is 11.3 Å². The number of ether oxygens (including phenoxy) is 1. The molecule has 6 heteroatoms. The van der Waals surface area contributed by atoms with E-state index in [9.17, 15) is 4.79 Å². The summed E-state index contributed by atoms with van der Waals surface area (Å²) in [6.07, 6.45) is 7.32. The van der Waals surface area contributed by atoms with E-state index in [1.54, 1.807) is 7.11 Å². The Morgan fingerprint density at radius 3 is 2.73 bits per heavy atom. The zero-order chi connectivity index (χ0) is 23.2. The number of nitrogens with one attached hydrogen (secondary N) is 2. The quantitative estimate of drug-likeness (QED) is 0.531. The van der Waals surface area contributed by atoms with Gasteiger partial charge in [0.1, 0.15) is 5.69 Å². The van der Waals surface area contributed by atoms with Gasteiger partial charge >= 0.3 is 0 Å². The summed E-state index contributed by atoms with van der Waals surface area (Å²) in [7, 11) is 1.77. The van der Waals surface area contributed by atoms with E-state index < -0.39 is 0 Å². The number of rotatable bonds is 5. The summed E-state index contributed by atoms with van der Waals surface area (Å²) in [6.45, 7) is 7.38. The Balaban J connectivity index is 1.39. The van der Waals surface area contributed by atoms with Crippen LogP contribution in [0.2, 0.25) is 0 Å². The van der Waals surface area contributed by atoms with Crippen molar-refractivity contribution >= 4 is 22.5 Å². The molecule has 2 N–H and O–H groups in total. The molecule has 0 bridgehead atoms. The Kier molecular flexibility index (Phi) is 5.81. The molecule has 1 amide bonds. The number of carbonyl (C=O) groups excluding carboxylic acids is 1. The predicted octanol–water partition coefficient (Wildman–Crippen LogP) is 5.63. The first-order chi connectivity index (χ1) is 15.9. The summed E-state index contributed by atoms with van der Waals surface area (Å²) < 4.78 is 5.48. The molecule has 0 spiro atoms. The number of aromatic amines is 2. The van der Waals surface area contributed by atoms with Crippen LogP contribution in [-0.4, -0.2) is 40.8 Å². The number of methoxy groups -OCH3 is 1. The van der Waals surface area contributed by atoms with E-state index in [0.717, 1.165) is 66.5 Å². The number of aromatic nitrogens is 3. The molecule has 2 aromatic heterocycles. The van der Waals surface area contributed by atoms with Crippen molar-refractivity contribution < 1.29 is 9.53 Å². The molecule has 2 aliphatic rings. The van der Waals surface area contributed by atoms with Crippen LogP contribution in [0.15, 0.2) is 24.3 Å². The molecule has 176 valence electrons. The van der Waals surface area contributed by atoms with Crippen LogP contribution in [0.25, 0.3) is 22.3 Å². The number of H-pyrrole nitrogens is 2. The maximum atomic E-state index is 13.3. The highest BCUT2D eigenvalue weighted by Crippen LogP contribution is 2.38. The summed E-state index contributed by atoms with van der Waals surface area (Å²) in [4.78, 5) is 18.9. The number of carbonyl (C=O) groups is 1. The predicted molar refractivity (Wildman–Crippen MR) is 132 cm³/mol. The largest absolute Gasteiger partial charge is 0.381 e. The number of hydrogen-bond acceptors (Lipinski definition) is 3. The summed E-state index contributed by atoms with van der Waals surface area (Å²) in [5.41, 5.74) is 7.03. The molecule has 0 unspecified atom stereocenters. The number of benzene rings is 1. The zero-order valence-corrected chi connectivity index (χ0v) is 20.3. The van der Waals surface area contributed by atoms with Crippen molar-refractivity contribution in [1.29, 1.82) is 0 Å². The second-order valence-electron chi connectivity index (χ2n) is 10.6. The van der Waals surface area contributed by atoms with Crippen LogP contribution in [-0.2, 0) is 22.4 Å². The zero-order valence-electron chi connectivity index (χ0n) is 20.3. The van der Waals surface area contributed by atoms with E-state index in [1.165, 1.54) is 17.7 Å². The molecule has 0 saturated heterocycles. The Labute approximate surface area is 196 Å². The molecule has 6 nitrogen and oxygen atoms in total. The lowest BCUT2D eigenvalue weighted by atomic mass is 9.76. The maximum Gasteiger partial charge on any atom is 0.230 e. The summed E-state index contributed by atoms with van der Waals surface area (Å²) in [6, 6.07) is 8.48. The molecular formula is C27H36N4O2. The van der Waals surface area contributed by atoms with Gasteiger partial charge in [-0.1, -0.05) is 19.9 Å². The van der Waals surface area contributed by atoms with Crippen LogP contribution in [0.3, 0.4) is 0 Å². The number of fused-ring (bicyclic) bond motifs is 2. The minimum absolute atomic E-state index is 0.0890. The van der Waals surface area contributed by atoms with E-state index in [4.69, 9.17) is 4.74 Å². The van der Waals surface area contributed by atoms with E-state index in [0.29, 0.717) is 18.1 Å². The molecule has 2 aliphatic carbocycles. The number of anilines is 1. The molecule has 1 fully saturated rings. The first-order valence-corrected chi connectivity index (χ1v) is 12.4. The van der Waals surface area contributed by atoms with E-state index in [2.05, 4.69) is 60.2 Å². The molecule has 0 aliphatic heterocycles. The second-order valence-corrected chi connectivity index (χ2v) is 10.6. The molecule has 5 rings (SSSR count). The first-order valence-electron chi connectivity index (χ1n) is 12.4. The summed E-state index contributed by atoms with van der Waals surface area (Å²) in [5, 5.41) is 9.11. The van der Waals surface area contributed by atoms with Crippen LogP contribution in [0.4, 0.5) is 5.69 Å². The topological polar surface area (TPSA) is 74.0 Å². The third-order valence-electron chi connectivity index (χ3n) is 7.77. The average Bonchev–Trinajstić information content (AvgIpc) is 3.41. The van der Waals surface area contributed by atoms with Crippen LogP contribution >= 0.6 is 0 Å². The smallest absolute Gasteiger partial charge is 0.230 e. The lowest BCUT2D eigenvalue weighted by molar-refractivity contribution is -0.124. The third-order valence-corrected chi connectivity index (χ3v) is 7.77. The number of hydrogen-bond donors (Lipinski definition) is 2. The molecule has 3 aromatic rings. The van der Waals surface area contributed by atoms with Gasteiger partial charge in [-0.15, -0.1) is 0 Å². The van der Waals surface area contributed by atoms with Gasteiger partial charge < -0.3 is 14.6 Å². The summed E-state index contributed by atoms with van der Waals surface area (Å²) in [5.74, 6) is 0.327. The molecule has 0 atom stereocenters. The molecule has 1 saturated carbocycles. The van der Waals surface area contributed by atoms with Crippen LogP contribution in [0.5, 0.6) is 0 Å². The van der Waals surface area contributed by atoms with Crippen LogP contribution < -0.4 is 4.90 Å². The highest BCUT2D eigenvalue weighted by molar-refractivity contribution is 5.98. The van der Waals surface area contributed by atoms with Gasteiger partial charge in [-0.3, -0.25) is 9.89 Å². The van der Waals surface area contributed by atoms with E-state index in [1.807, 2.05) is 4.90 Å². The molecule has 33 heavy (non-hydrogen) atoms. The van der Waals surface area contributed by atoms with Crippen LogP contribution in [0.1, 0.15) is 64.1 Å². The summed E-state index contributed by atoms with van der Waals surface area (Å²) >= 11 is 0. The maximum absolute atomic E-state index is 13.3. The highest BCUT2D eigenvalue weighted by Gasteiger charge is 2.31. The van der Waals surface area contributed by atoms with E-state index >= 15 is 0 Å². The second kappa shape index (κ2) is 8.64. The van der Waals surface area contributed by atoms with Gasteiger partial charge in [0.15, 0.2) is 0 Å². The first kappa shape index (κ1) is 22.2. The molecule has 2 heterocycles. The highest BCUT2D eigenvalue weighted by atomic mass is 16.5. The van der Waals surface area contributed by atoms with Crippen molar-refractivity contribution in [2.75, 3.05) is 18.6 Å². The van der Waals surface area contributed by atoms with Crippen molar-refractivity contribution in [3.8, 4) is 11.4 Å². The molecular weight excluding hydrogens is 412 g/mol. The standard InChI is InChI=1S/C27H36N4O2/c1-5-31(26(32)17-7-10-20(33-4)11-8-17)19-9-6-18-14-23(28-22(18)15-19)25-21-12-13-27(2,3)16-24(21)29-30-25/h6,9,14-15,17,20,28H,5,7-8,10-13,16H2,1-4H3,(H,29,30). The van der Waals surface area contributed by atoms with E-state index in [-0.39, 0.29) is 11.8 Å². The Morgan fingerprint density at radius 2 is 2.00 bits per heavy atom. The third kappa shape index (κ3) is 4.21. The van der Waals surface area contributed by atoms with Crippen molar-refractivity contribution in [1.82, 2.24) is 15.2 Å². The molecule has 0 radical (unpaired) electrons. The SMILES string of the molecule is CCN(C(=O)C1CCC(OC)CC1)c1ccc2cc(-c3n[nH]c4c3CCC(C)(C)C4)[nH]c2c1. The van der Waals surface area contributed by atoms with Gasteiger partial charge in [0, 0.05) is 47.4 Å². The Morgan fingerprint density at radius 1 is 1.21 bits per heavy atom. The monoisotopic (exact) mass is 448 g/mol. The lowest BCUT2D eigenvalue weighted by Crippen LogP contribution is -2.38. The number of nitrogens with zero attached hydrogens (tertiary/aromatic N) is 2. The Hall–Kier alpha value is -2.60. The minimum atomic E-state index is 0.0890. The number of amides is 1. The fourth-order valence-electron chi connectivity index (χ4n) is 5.71. The van der Waals surface area contributed by atoms with Crippen molar-refractivity contribution in [3.63, 3.8) is 0 Å².